The first-order chi connectivity index (χ1) is 9.54. The molecule has 0 fully saturated rings. The molecule has 2 aromatic rings. The van der Waals surface area contributed by atoms with Gasteiger partial charge in [0.15, 0.2) is 11.6 Å². The monoisotopic (exact) mass is 279 g/mol. The highest BCUT2D eigenvalue weighted by Crippen LogP contribution is 2.23. The van der Waals surface area contributed by atoms with E-state index in [0.29, 0.717) is 12.0 Å². The van der Waals surface area contributed by atoms with Gasteiger partial charge in [-0.05, 0) is 31.5 Å². The van der Waals surface area contributed by atoms with E-state index < -0.39 is 11.6 Å². The van der Waals surface area contributed by atoms with Crippen LogP contribution in [0.25, 0.3) is 0 Å². The van der Waals surface area contributed by atoms with Gasteiger partial charge in [0.2, 0.25) is 0 Å². The summed E-state index contributed by atoms with van der Waals surface area (Å²) in [6, 6.07) is 4.21. The molecule has 1 atom stereocenters. The highest BCUT2D eigenvalue weighted by atomic mass is 19.2. The highest BCUT2D eigenvalue weighted by Gasteiger charge is 2.19. The zero-order valence-electron chi connectivity index (χ0n) is 12.0. The molecule has 1 aromatic heterocycles. The van der Waals surface area contributed by atoms with Crippen molar-refractivity contribution in [3.63, 3.8) is 0 Å². The van der Waals surface area contributed by atoms with E-state index in [-0.39, 0.29) is 6.04 Å². The van der Waals surface area contributed by atoms with Crippen molar-refractivity contribution in [3.05, 3.63) is 52.9 Å². The Hall–Kier alpha value is -1.75. The smallest absolute Gasteiger partial charge is 0.162 e. The standard InChI is InChI=1S/C15H19F2N3/c1-4-18-14(12-9-19-20(3)10(12)2)8-11-6-5-7-13(16)15(11)17/h5-7,9,14,18H,4,8H2,1-3H3. The predicted molar refractivity (Wildman–Crippen MR) is 74.4 cm³/mol. The Bertz CT molecular complexity index is 593. The average Bonchev–Trinajstić information content (AvgIpc) is 2.75. The molecule has 0 radical (unpaired) electrons. The largest absolute Gasteiger partial charge is 0.310 e. The quantitative estimate of drug-likeness (QED) is 0.912. The van der Waals surface area contributed by atoms with Crippen molar-refractivity contribution in [1.29, 1.82) is 0 Å². The number of rotatable bonds is 5. The van der Waals surface area contributed by atoms with E-state index in [1.165, 1.54) is 6.07 Å². The molecule has 0 saturated heterocycles. The summed E-state index contributed by atoms with van der Waals surface area (Å²) < 4.78 is 28.9. The van der Waals surface area contributed by atoms with Crippen molar-refractivity contribution in [2.24, 2.45) is 7.05 Å². The minimum atomic E-state index is -0.805. The fourth-order valence-corrected chi connectivity index (χ4v) is 2.32. The number of hydrogen-bond acceptors (Lipinski definition) is 2. The minimum absolute atomic E-state index is 0.0787. The second-order valence-corrected chi connectivity index (χ2v) is 4.84. The zero-order chi connectivity index (χ0) is 14.7. The van der Waals surface area contributed by atoms with Gasteiger partial charge in [-0.3, -0.25) is 4.68 Å². The lowest BCUT2D eigenvalue weighted by atomic mass is 9.99. The van der Waals surface area contributed by atoms with Crippen LogP contribution in [-0.2, 0) is 13.5 Å². The Morgan fingerprint density at radius 3 is 2.70 bits per heavy atom. The van der Waals surface area contributed by atoms with Crippen LogP contribution in [0.4, 0.5) is 8.78 Å². The number of aromatic nitrogens is 2. The third kappa shape index (κ3) is 2.88. The van der Waals surface area contributed by atoms with Gasteiger partial charge in [-0.15, -0.1) is 0 Å². The average molecular weight is 279 g/mol. The Morgan fingerprint density at radius 2 is 2.10 bits per heavy atom. The Kier molecular flexibility index (Phi) is 4.49. The molecule has 1 N–H and O–H groups in total. The van der Waals surface area contributed by atoms with Crippen LogP contribution in [0.3, 0.4) is 0 Å². The maximum absolute atomic E-state index is 13.8. The Labute approximate surface area is 117 Å². The van der Waals surface area contributed by atoms with Crippen molar-refractivity contribution in [2.45, 2.75) is 26.3 Å². The molecule has 2 rings (SSSR count). The van der Waals surface area contributed by atoms with Crippen molar-refractivity contribution in [1.82, 2.24) is 15.1 Å². The normalized spacial score (nSPS) is 12.7. The molecule has 1 heterocycles. The first kappa shape index (κ1) is 14.7. The molecular weight excluding hydrogens is 260 g/mol. The molecule has 108 valence electrons. The third-order valence-corrected chi connectivity index (χ3v) is 3.55. The maximum atomic E-state index is 13.8. The zero-order valence-corrected chi connectivity index (χ0v) is 12.0. The van der Waals surface area contributed by atoms with Crippen LogP contribution in [-0.4, -0.2) is 16.3 Å². The van der Waals surface area contributed by atoms with Crippen LogP contribution in [0.15, 0.2) is 24.4 Å². The van der Waals surface area contributed by atoms with Crippen LogP contribution >= 0.6 is 0 Å². The summed E-state index contributed by atoms with van der Waals surface area (Å²) in [6.45, 7) is 4.70. The summed E-state index contributed by atoms with van der Waals surface area (Å²) in [4.78, 5) is 0. The maximum Gasteiger partial charge on any atom is 0.162 e. The van der Waals surface area contributed by atoms with E-state index in [1.807, 2.05) is 20.9 Å². The Morgan fingerprint density at radius 1 is 1.35 bits per heavy atom. The first-order valence-corrected chi connectivity index (χ1v) is 6.69. The van der Waals surface area contributed by atoms with E-state index in [4.69, 9.17) is 0 Å². The number of benzene rings is 1. The number of hydrogen-bond donors (Lipinski definition) is 1. The van der Waals surface area contributed by atoms with Crippen molar-refractivity contribution < 1.29 is 8.78 Å². The molecule has 0 aliphatic rings. The summed E-state index contributed by atoms with van der Waals surface area (Å²) in [5.74, 6) is -1.57. The Balaban J connectivity index is 2.30. The second-order valence-electron chi connectivity index (χ2n) is 4.84. The van der Waals surface area contributed by atoms with E-state index in [1.54, 1.807) is 16.9 Å². The lowest BCUT2D eigenvalue weighted by Crippen LogP contribution is -2.24. The van der Waals surface area contributed by atoms with Gasteiger partial charge in [0, 0.05) is 24.3 Å². The second kappa shape index (κ2) is 6.13. The van der Waals surface area contributed by atoms with E-state index >= 15 is 0 Å². The van der Waals surface area contributed by atoms with E-state index in [9.17, 15) is 8.78 Å². The molecule has 0 saturated carbocycles. The van der Waals surface area contributed by atoms with Gasteiger partial charge < -0.3 is 5.32 Å². The summed E-state index contributed by atoms with van der Waals surface area (Å²) >= 11 is 0. The van der Waals surface area contributed by atoms with Gasteiger partial charge in [-0.2, -0.15) is 5.10 Å². The van der Waals surface area contributed by atoms with Crippen LogP contribution in [0.5, 0.6) is 0 Å². The number of nitrogens with one attached hydrogen (secondary N) is 1. The highest BCUT2D eigenvalue weighted by molar-refractivity contribution is 5.26. The van der Waals surface area contributed by atoms with E-state index in [2.05, 4.69) is 10.4 Å². The minimum Gasteiger partial charge on any atom is -0.310 e. The van der Waals surface area contributed by atoms with Gasteiger partial charge in [-0.1, -0.05) is 19.1 Å². The molecule has 3 nitrogen and oxygen atoms in total. The van der Waals surface area contributed by atoms with Gasteiger partial charge in [-0.25, -0.2) is 8.78 Å². The number of halogens is 2. The van der Waals surface area contributed by atoms with Gasteiger partial charge >= 0.3 is 0 Å². The number of aryl methyl sites for hydroxylation is 1. The van der Waals surface area contributed by atoms with Crippen molar-refractivity contribution in [3.8, 4) is 0 Å². The fraction of sp³-hybridized carbons (Fsp3) is 0.400. The molecule has 0 aliphatic carbocycles. The SMILES string of the molecule is CCNC(Cc1cccc(F)c1F)c1cnn(C)c1C. The molecule has 0 aliphatic heterocycles. The van der Waals surface area contributed by atoms with Crippen LogP contribution in [0.1, 0.15) is 29.8 Å². The van der Waals surface area contributed by atoms with Crippen molar-refractivity contribution in [2.75, 3.05) is 6.54 Å². The molecule has 1 aromatic carbocycles. The van der Waals surface area contributed by atoms with Crippen LogP contribution < -0.4 is 5.32 Å². The topological polar surface area (TPSA) is 29.9 Å². The van der Waals surface area contributed by atoms with E-state index in [0.717, 1.165) is 23.9 Å². The molecule has 0 amide bonds. The molecular formula is C15H19F2N3. The van der Waals surface area contributed by atoms with Gasteiger partial charge in [0.1, 0.15) is 0 Å². The molecule has 0 bridgehead atoms. The molecule has 5 heteroatoms. The summed E-state index contributed by atoms with van der Waals surface area (Å²) in [5.41, 5.74) is 2.41. The fourth-order valence-electron chi connectivity index (χ4n) is 2.32. The molecule has 20 heavy (non-hydrogen) atoms. The van der Waals surface area contributed by atoms with Gasteiger partial charge in [0.05, 0.1) is 6.20 Å². The summed E-state index contributed by atoms with van der Waals surface area (Å²) in [5, 5.41) is 7.52. The third-order valence-electron chi connectivity index (χ3n) is 3.55. The summed E-state index contributed by atoms with van der Waals surface area (Å²) in [7, 11) is 1.87. The molecule has 0 spiro atoms. The van der Waals surface area contributed by atoms with Crippen molar-refractivity contribution >= 4 is 0 Å². The number of nitrogens with zero attached hydrogens (tertiary/aromatic N) is 2. The lowest BCUT2D eigenvalue weighted by Gasteiger charge is -2.18. The molecule has 1 unspecified atom stereocenters. The van der Waals surface area contributed by atoms with Gasteiger partial charge in [0.25, 0.3) is 0 Å². The van der Waals surface area contributed by atoms with Crippen LogP contribution in [0, 0.1) is 18.6 Å². The predicted octanol–water partition coefficient (Wildman–Crippen LogP) is 2.90. The van der Waals surface area contributed by atoms with Crippen LogP contribution in [0.2, 0.25) is 0 Å². The lowest BCUT2D eigenvalue weighted by molar-refractivity contribution is 0.480. The first-order valence-electron chi connectivity index (χ1n) is 6.69. The summed E-state index contributed by atoms with van der Waals surface area (Å²) in [6.07, 6.45) is 2.17. The number of likely N-dealkylation sites (N-methyl/N-ethyl adjacent to an activating group) is 1.